The van der Waals surface area contributed by atoms with Crippen LogP contribution in [0.25, 0.3) is 0 Å². The third-order valence-electron chi connectivity index (χ3n) is 4.71. The van der Waals surface area contributed by atoms with Gasteiger partial charge in [-0.2, -0.15) is 4.39 Å². The second kappa shape index (κ2) is 7.05. The molecule has 0 radical (unpaired) electrons. The first-order chi connectivity index (χ1) is 9.65. The highest BCUT2D eigenvalue weighted by Crippen LogP contribution is 2.33. The number of hydrogen-bond donors (Lipinski definition) is 0. The lowest BCUT2D eigenvalue weighted by Crippen LogP contribution is -2.14. The Labute approximate surface area is 120 Å². The summed E-state index contributed by atoms with van der Waals surface area (Å²) in [7, 11) is 1.35. The largest absolute Gasteiger partial charge is 0.494 e. The van der Waals surface area contributed by atoms with Gasteiger partial charge in [0.25, 0.3) is 0 Å². The second-order valence-corrected chi connectivity index (χ2v) is 5.89. The lowest BCUT2D eigenvalue weighted by molar-refractivity contribution is 0.258. The molecule has 0 bridgehead atoms. The van der Waals surface area contributed by atoms with Crippen LogP contribution in [0.1, 0.15) is 51.0 Å². The zero-order chi connectivity index (χ0) is 14.5. The minimum Gasteiger partial charge on any atom is -0.494 e. The first kappa shape index (κ1) is 15.3. The van der Waals surface area contributed by atoms with Crippen molar-refractivity contribution in [2.75, 3.05) is 7.11 Å². The quantitative estimate of drug-likeness (QED) is 0.728. The van der Waals surface area contributed by atoms with E-state index >= 15 is 0 Å². The molecule has 0 N–H and O–H groups in total. The van der Waals surface area contributed by atoms with Gasteiger partial charge in [-0.1, -0.05) is 45.1 Å². The molecule has 0 heterocycles. The monoisotopic (exact) mass is 282 g/mol. The van der Waals surface area contributed by atoms with Crippen molar-refractivity contribution in [1.29, 1.82) is 0 Å². The number of methoxy groups -OCH3 is 1. The normalized spacial score (nSPS) is 22.8. The molecule has 0 atom stereocenters. The summed E-state index contributed by atoms with van der Waals surface area (Å²) >= 11 is 0. The van der Waals surface area contributed by atoms with Gasteiger partial charge in [-0.05, 0) is 36.3 Å². The topological polar surface area (TPSA) is 9.23 Å². The number of halogens is 2. The molecule has 0 aromatic heterocycles. The van der Waals surface area contributed by atoms with Crippen molar-refractivity contribution < 1.29 is 13.5 Å². The van der Waals surface area contributed by atoms with Crippen molar-refractivity contribution in [3.63, 3.8) is 0 Å². The van der Waals surface area contributed by atoms with Gasteiger partial charge in [-0.15, -0.1) is 0 Å². The van der Waals surface area contributed by atoms with Crippen LogP contribution in [0.2, 0.25) is 0 Å². The Bertz CT molecular complexity index is 437. The van der Waals surface area contributed by atoms with Crippen LogP contribution in [-0.4, -0.2) is 7.11 Å². The molecule has 0 aliphatic heterocycles. The van der Waals surface area contributed by atoms with Crippen LogP contribution >= 0.6 is 0 Å². The van der Waals surface area contributed by atoms with Crippen LogP contribution in [-0.2, 0) is 6.42 Å². The molecule has 112 valence electrons. The van der Waals surface area contributed by atoms with Crippen LogP contribution < -0.4 is 4.74 Å². The zero-order valence-corrected chi connectivity index (χ0v) is 12.4. The van der Waals surface area contributed by atoms with Crippen LogP contribution in [0.4, 0.5) is 8.78 Å². The first-order valence-electron chi connectivity index (χ1n) is 7.66. The van der Waals surface area contributed by atoms with Crippen molar-refractivity contribution in [3.8, 4) is 5.75 Å². The molecule has 1 aliphatic rings. The van der Waals surface area contributed by atoms with Crippen molar-refractivity contribution in [2.45, 2.75) is 51.9 Å². The van der Waals surface area contributed by atoms with E-state index in [2.05, 4.69) is 6.92 Å². The predicted octanol–water partition coefficient (Wildman–Crippen LogP) is 5.12. The Morgan fingerprint density at radius 2 is 1.70 bits per heavy atom. The summed E-state index contributed by atoms with van der Waals surface area (Å²) in [4.78, 5) is 0. The van der Waals surface area contributed by atoms with Gasteiger partial charge in [0, 0.05) is 0 Å². The fourth-order valence-electron chi connectivity index (χ4n) is 3.21. The molecular formula is C17H24F2O. The molecule has 1 fully saturated rings. The highest BCUT2D eigenvalue weighted by Gasteiger charge is 2.21. The van der Waals surface area contributed by atoms with Crippen LogP contribution in [0, 0.1) is 23.5 Å². The van der Waals surface area contributed by atoms with Gasteiger partial charge in [0.1, 0.15) is 0 Å². The minimum atomic E-state index is -0.861. The molecule has 0 amide bonds. The molecule has 0 spiro atoms. The van der Waals surface area contributed by atoms with Gasteiger partial charge in [-0.25, -0.2) is 4.39 Å². The molecule has 2 rings (SSSR count). The summed E-state index contributed by atoms with van der Waals surface area (Å²) < 4.78 is 32.3. The van der Waals surface area contributed by atoms with Gasteiger partial charge in [-0.3, -0.25) is 0 Å². The molecule has 20 heavy (non-hydrogen) atoms. The van der Waals surface area contributed by atoms with E-state index in [1.54, 1.807) is 6.07 Å². The van der Waals surface area contributed by atoms with Crippen molar-refractivity contribution >= 4 is 0 Å². The Morgan fingerprint density at radius 1 is 1.05 bits per heavy atom. The zero-order valence-electron chi connectivity index (χ0n) is 12.4. The molecule has 1 saturated carbocycles. The van der Waals surface area contributed by atoms with E-state index in [0.717, 1.165) is 12.3 Å². The summed E-state index contributed by atoms with van der Waals surface area (Å²) in [6.45, 7) is 2.25. The fourth-order valence-corrected chi connectivity index (χ4v) is 3.21. The molecule has 1 nitrogen and oxygen atoms in total. The number of aryl methyl sites for hydroxylation is 1. The van der Waals surface area contributed by atoms with E-state index in [0.29, 0.717) is 17.9 Å². The second-order valence-electron chi connectivity index (χ2n) is 5.89. The summed E-state index contributed by atoms with van der Waals surface area (Å²) in [5.74, 6) is -0.0789. The maximum absolute atomic E-state index is 13.9. The average molecular weight is 282 g/mol. The van der Waals surface area contributed by atoms with Gasteiger partial charge in [0.15, 0.2) is 11.6 Å². The SMILES string of the molecule is CCC1CCC(CCc2ccc(OC)c(F)c2F)CC1. The standard InChI is InChI=1S/C17H24F2O/c1-3-12-4-6-13(7-5-12)8-9-14-10-11-15(20-2)17(19)16(14)18/h10-13H,3-9H2,1-2H3. The maximum Gasteiger partial charge on any atom is 0.200 e. The molecule has 3 heteroatoms. The molecule has 1 aromatic carbocycles. The summed E-state index contributed by atoms with van der Waals surface area (Å²) in [6.07, 6.45) is 7.90. The highest BCUT2D eigenvalue weighted by molar-refractivity contribution is 5.31. The van der Waals surface area contributed by atoms with Gasteiger partial charge < -0.3 is 4.74 Å². The maximum atomic E-state index is 13.9. The number of ether oxygens (including phenoxy) is 1. The fraction of sp³-hybridized carbons (Fsp3) is 0.647. The first-order valence-corrected chi connectivity index (χ1v) is 7.66. The Balaban J connectivity index is 1.90. The molecule has 1 aliphatic carbocycles. The molecule has 0 unspecified atom stereocenters. The summed E-state index contributed by atoms with van der Waals surface area (Å²) in [6, 6.07) is 3.16. The van der Waals surface area contributed by atoms with Crippen molar-refractivity contribution in [3.05, 3.63) is 29.3 Å². The van der Waals surface area contributed by atoms with Crippen molar-refractivity contribution in [1.82, 2.24) is 0 Å². The van der Waals surface area contributed by atoms with E-state index < -0.39 is 11.6 Å². The number of hydrogen-bond acceptors (Lipinski definition) is 1. The van der Waals surface area contributed by atoms with E-state index in [4.69, 9.17) is 4.74 Å². The Hall–Kier alpha value is -1.12. The minimum absolute atomic E-state index is 0.0188. The smallest absolute Gasteiger partial charge is 0.200 e. The van der Waals surface area contributed by atoms with Gasteiger partial charge in [0.2, 0.25) is 5.82 Å². The third kappa shape index (κ3) is 3.50. The summed E-state index contributed by atoms with van der Waals surface area (Å²) in [5.41, 5.74) is 0.473. The number of benzene rings is 1. The van der Waals surface area contributed by atoms with Gasteiger partial charge in [0.05, 0.1) is 7.11 Å². The Kier molecular flexibility index (Phi) is 5.38. The highest BCUT2D eigenvalue weighted by atomic mass is 19.2. The predicted molar refractivity (Wildman–Crippen MR) is 77.0 cm³/mol. The van der Waals surface area contributed by atoms with Crippen LogP contribution in [0.5, 0.6) is 5.75 Å². The third-order valence-corrected chi connectivity index (χ3v) is 4.71. The van der Waals surface area contributed by atoms with E-state index in [1.165, 1.54) is 45.3 Å². The van der Waals surface area contributed by atoms with E-state index in [1.807, 2.05) is 0 Å². The molecule has 1 aromatic rings. The number of rotatable bonds is 5. The Morgan fingerprint density at radius 3 is 2.30 bits per heavy atom. The summed E-state index contributed by atoms with van der Waals surface area (Å²) in [5, 5.41) is 0. The lowest BCUT2D eigenvalue weighted by atomic mass is 9.78. The average Bonchev–Trinajstić information content (AvgIpc) is 2.49. The van der Waals surface area contributed by atoms with E-state index in [9.17, 15) is 8.78 Å². The van der Waals surface area contributed by atoms with Crippen LogP contribution in [0.3, 0.4) is 0 Å². The van der Waals surface area contributed by atoms with Crippen molar-refractivity contribution in [2.24, 2.45) is 11.8 Å². The lowest BCUT2D eigenvalue weighted by Gasteiger charge is -2.27. The molecular weight excluding hydrogens is 258 g/mol. The van der Waals surface area contributed by atoms with E-state index in [-0.39, 0.29) is 5.75 Å². The van der Waals surface area contributed by atoms with Crippen LogP contribution in [0.15, 0.2) is 12.1 Å². The van der Waals surface area contributed by atoms with Gasteiger partial charge >= 0.3 is 0 Å². The molecule has 0 saturated heterocycles.